The van der Waals surface area contributed by atoms with Gasteiger partial charge in [0.05, 0.1) is 17.5 Å². The van der Waals surface area contributed by atoms with Crippen LogP contribution in [-0.4, -0.2) is 91.6 Å². The van der Waals surface area contributed by atoms with Gasteiger partial charge in [0.25, 0.3) is 5.91 Å². The number of thioether (sulfide) groups is 1. The highest BCUT2D eigenvalue weighted by atomic mass is 32.2. The Balaban J connectivity index is 1.80. The molecule has 0 heterocycles. The van der Waals surface area contributed by atoms with Gasteiger partial charge in [-0.2, -0.15) is 11.8 Å². The number of esters is 1. The zero-order valence-corrected chi connectivity index (χ0v) is 24.5. The van der Waals surface area contributed by atoms with Gasteiger partial charge < -0.3 is 30.9 Å². The summed E-state index contributed by atoms with van der Waals surface area (Å²) in [6.07, 6.45) is 2.77. The third-order valence-corrected chi connectivity index (χ3v) is 10.6. The molecular weight excluding hydrogens is 564 g/mol. The van der Waals surface area contributed by atoms with Crippen LogP contribution in [0.1, 0.15) is 56.1 Å². The third kappa shape index (κ3) is 4.42. The van der Waals surface area contributed by atoms with Crippen LogP contribution in [0.4, 0.5) is 0 Å². The quantitative estimate of drug-likeness (QED) is 0.228. The van der Waals surface area contributed by atoms with Crippen LogP contribution >= 0.6 is 11.8 Å². The SMILES string of the molecule is CCC(=O)O[C@@H]1[C@@H]2C(=C(O)c3c(O)cccc3[C@H]2CSC2CCCC2)C(=O)[C@@]2(O)C(O)=C(C(N)=O)C(=O)[C@H](N(C)C)[C@@H]12. The number of ether oxygens (including phenoxy) is 1. The first-order chi connectivity index (χ1) is 19.9. The number of likely N-dealkylation sites (N-methyl/N-ethyl adjacent to an activating group) is 1. The molecule has 4 aliphatic rings. The molecule has 226 valence electrons. The minimum atomic E-state index is -2.95. The number of primary amides is 1. The molecule has 5 rings (SSSR count). The lowest BCUT2D eigenvalue weighted by molar-refractivity contribution is -0.185. The van der Waals surface area contributed by atoms with E-state index in [9.17, 15) is 39.6 Å². The van der Waals surface area contributed by atoms with Crippen molar-refractivity contribution in [1.82, 2.24) is 4.90 Å². The molecule has 2 saturated carbocycles. The molecule has 2 fully saturated rings. The van der Waals surface area contributed by atoms with Crippen molar-refractivity contribution in [3.05, 3.63) is 46.2 Å². The Hall–Kier alpha value is -3.35. The Bertz CT molecular complexity index is 1410. The molecule has 0 bridgehead atoms. The molecule has 0 radical (unpaired) electrons. The highest BCUT2D eigenvalue weighted by Crippen LogP contribution is 2.58. The number of carbonyl (C=O) groups is 4. The Morgan fingerprint density at radius 1 is 1.14 bits per heavy atom. The fourth-order valence-corrected chi connectivity index (χ4v) is 8.77. The smallest absolute Gasteiger partial charge is 0.305 e. The fraction of sp³-hybridized carbons (Fsp3) is 0.533. The summed E-state index contributed by atoms with van der Waals surface area (Å²) in [7, 11) is 3.00. The number of aliphatic hydroxyl groups excluding tert-OH is 2. The standard InChI is InChI=1S/C30H36N2O9S/c1-4-17(34)41-26-19-15(12-42-13-8-5-6-9-13)14-10-7-11-16(33)18(14)24(35)20(19)27(37)30(40)22(26)23(32(2)3)25(36)21(28(30)38)29(31)39/h7,10-11,13,15,19,22-23,26,33,35,38,40H,4-6,8-9,12H2,1-3H3,(H2,31,39)/t15-,19+,22+,23-,26-,30-/m1/s1. The maximum absolute atomic E-state index is 14.4. The van der Waals surface area contributed by atoms with E-state index >= 15 is 0 Å². The summed E-state index contributed by atoms with van der Waals surface area (Å²) in [4.78, 5) is 54.7. The van der Waals surface area contributed by atoms with Crippen LogP contribution in [0, 0.1) is 11.8 Å². The number of hydrogen-bond donors (Lipinski definition) is 5. The van der Waals surface area contributed by atoms with Crippen LogP contribution in [-0.2, 0) is 23.9 Å². The molecule has 0 aromatic heterocycles. The number of nitrogens with zero attached hydrogens (tertiary/aromatic N) is 1. The van der Waals surface area contributed by atoms with Crippen LogP contribution in [0.3, 0.4) is 0 Å². The third-order valence-electron chi connectivity index (χ3n) is 9.14. The Labute approximate surface area is 247 Å². The monoisotopic (exact) mass is 600 g/mol. The van der Waals surface area contributed by atoms with Crippen molar-refractivity contribution in [2.45, 2.75) is 67.9 Å². The molecule has 11 nitrogen and oxygen atoms in total. The number of phenolic OH excluding ortho intramolecular Hbond substituents is 1. The van der Waals surface area contributed by atoms with Crippen LogP contribution in [0.25, 0.3) is 5.76 Å². The van der Waals surface area contributed by atoms with E-state index in [1.807, 2.05) is 0 Å². The van der Waals surface area contributed by atoms with Crippen molar-refractivity contribution in [3.63, 3.8) is 0 Å². The molecule has 42 heavy (non-hydrogen) atoms. The summed E-state index contributed by atoms with van der Waals surface area (Å²) in [5.74, 6) is -9.03. The van der Waals surface area contributed by atoms with E-state index in [1.54, 1.807) is 30.8 Å². The lowest BCUT2D eigenvalue weighted by atomic mass is 9.54. The topological polar surface area (TPSA) is 188 Å². The van der Waals surface area contributed by atoms with E-state index in [2.05, 4.69) is 0 Å². The first-order valence-electron chi connectivity index (χ1n) is 14.1. The number of hydrogen-bond acceptors (Lipinski definition) is 11. The lowest BCUT2D eigenvalue weighted by Gasteiger charge is -2.54. The number of carbonyl (C=O) groups excluding carboxylic acids is 4. The number of phenols is 1. The molecule has 0 unspecified atom stereocenters. The molecule has 1 aromatic carbocycles. The maximum atomic E-state index is 14.4. The summed E-state index contributed by atoms with van der Waals surface area (Å²) >= 11 is 1.69. The van der Waals surface area contributed by atoms with Gasteiger partial charge in [-0.25, -0.2) is 0 Å². The minimum absolute atomic E-state index is 0.00591. The number of aromatic hydroxyl groups is 1. The number of fused-ring (bicyclic) bond motifs is 3. The van der Waals surface area contributed by atoms with Crippen molar-refractivity contribution in [2.24, 2.45) is 17.6 Å². The second kappa shape index (κ2) is 11.1. The number of nitrogens with two attached hydrogens (primary N) is 1. The van der Waals surface area contributed by atoms with E-state index in [0.29, 0.717) is 16.6 Å². The van der Waals surface area contributed by atoms with Crippen molar-refractivity contribution in [1.29, 1.82) is 0 Å². The van der Waals surface area contributed by atoms with Gasteiger partial charge in [-0.3, -0.25) is 24.1 Å². The Morgan fingerprint density at radius 2 is 1.81 bits per heavy atom. The molecule has 4 aliphatic carbocycles. The molecule has 6 N–H and O–H groups in total. The van der Waals surface area contributed by atoms with Gasteiger partial charge in [0.2, 0.25) is 5.78 Å². The average molecular weight is 601 g/mol. The van der Waals surface area contributed by atoms with Crippen molar-refractivity contribution >= 4 is 41.0 Å². The molecule has 1 amide bonds. The van der Waals surface area contributed by atoms with Gasteiger partial charge in [-0.1, -0.05) is 31.9 Å². The second-order valence-electron chi connectivity index (χ2n) is 11.7. The maximum Gasteiger partial charge on any atom is 0.305 e. The highest BCUT2D eigenvalue weighted by Gasteiger charge is 2.69. The predicted molar refractivity (Wildman–Crippen MR) is 154 cm³/mol. The van der Waals surface area contributed by atoms with Crippen LogP contribution < -0.4 is 5.73 Å². The largest absolute Gasteiger partial charge is 0.508 e. The minimum Gasteiger partial charge on any atom is -0.508 e. The van der Waals surface area contributed by atoms with Crippen LogP contribution in [0.2, 0.25) is 0 Å². The average Bonchev–Trinajstić information content (AvgIpc) is 3.45. The zero-order chi connectivity index (χ0) is 30.7. The highest BCUT2D eigenvalue weighted by molar-refractivity contribution is 7.99. The Morgan fingerprint density at radius 3 is 2.40 bits per heavy atom. The summed E-state index contributed by atoms with van der Waals surface area (Å²) in [6, 6.07) is 3.31. The predicted octanol–water partition coefficient (Wildman–Crippen LogP) is 2.11. The molecule has 1 aromatic rings. The van der Waals surface area contributed by atoms with Gasteiger partial charge in [-0.05, 0) is 38.6 Å². The van der Waals surface area contributed by atoms with Crippen molar-refractivity contribution in [2.75, 3.05) is 19.8 Å². The summed E-state index contributed by atoms with van der Waals surface area (Å²) in [5, 5.41) is 46.2. The summed E-state index contributed by atoms with van der Waals surface area (Å²) in [5.41, 5.74) is 1.74. The van der Waals surface area contributed by atoms with E-state index in [4.69, 9.17) is 10.5 Å². The normalized spacial score (nSPS) is 31.2. The lowest BCUT2D eigenvalue weighted by Crippen LogP contribution is -2.71. The van der Waals surface area contributed by atoms with Gasteiger partial charge in [0.1, 0.15) is 28.9 Å². The molecule has 6 atom stereocenters. The molecule has 0 aliphatic heterocycles. The van der Waals surface area contributed by atoms with E-state index in [-0.39, 0.29) is 23.3 Å². The number of ketones is 2. The molecular formula is C30H36N2O9S. The fourth-order valence-electron chi connectivity index (χ4n) is 7.24. The number of aliphatic hydroxyl groups is 3. The van der Waals surface area contributed by atoms with E-state index in [0.717, 1.165) is 25.7 Å². The zero-order valence-electron chi connectivity index (χ0n) is 23.7. The van der Waals surface area contributed by atoms with Crippen molar-refractivity contribution in [3.8, 4) is 5.75 Å². The Kier molecular flexibility index (Phi) is 7.92. The van der Waals surface area contributed by atoms with E-state index in [1.165, 1.54) is 25.1 Å². The first-order valence-corrected chi connectivity index (χ1v) is 15.2. The van der Waals surface area contributed by atoms with Crippen LogP contribution in [0.5, 0.6) is 5.75 Å². The van der Waals surface area contributed by atoms with E-state index < -0.39 is 76.0 Å². The summed E-state index contributed by atoms with van der Waals surface area (Å²) < 4.78 is 5.96. The number of rotatable bonds is 7. The molecule has 0 spiro atoms. The number of Topliss-reactive ketones (excluding diaryl/α,β-unsaturated/α-hetero) is 2. The van der Waals surface area contributed by atoms with Gasteiger partial charge in [-0.15, -0.1) is 0 Å². The summed E-state index contributed by atoms with van der Waals surface area (Å²) in [6.45, 7) is 1.57. The first kappa shape index (κ1) is 30.1. The number of amides is 1. The van der Waals surface area contributed by atoms with Gasteiger partial charge >= 0.3 is 5.97 Å². The molecule has 12 heteroatoms. The number of benzene rings is 1. The van der Waals surface area contributed by atoms with Crippen LogP contribution in [0.15, 0.2) is 35.1 Å². The second-order valence-corrected chi connectivity index (χ2v) is 13.0. The van der Waals surface area contributed by atoms with Gasteiger partial charge in [0.15, 0.2) is 11.4 Å². The molecule has 0 saturated heterocycles. The van der Waals surface area contributed by atoms with Gasteiger partial charge in [0, 0.05) is 34.8 Å². The van der Waals surface area contributed by atoms with Crippen molar-refractivity contribution < 1.29 is 44.3 Å².